The number of nitrogens with zero attached hydrogens (tertiary/aromatic N) is 1. The monoisotopic (exact) mass is 533 g/mol. The molecule has 1 amide bonds. The van der Waals surface area contributed by atoms with Crippen LogP contribution in [0.2, 0.25) is 0 Å². The smallest absolute Gasteiger partial charge is 0.255 e. The van der Waals surface area contributed by atoms with Crippen molar-refractivity contribution in [3.8, 4) is 16.9 Å². The number of Topliss-reactive ketones (excluding diaryl/α,β-unsaturated/α-hetero) is 2. The number of phenols is 1. The second-order valence-electron chi connectivity index (χ2n) is 10.7. The summed E-state index contributed by atoms with van der Waals surface area (Å²) in [7, 11) is 4.99. The molecule has 0 radical (unpaired) electrons. The van der Waals surface area contributed by atoms with Crippen LogP contribution in [0.1, 0.15) is 23.1 Å². The van der Waals surface area contributed by atoms with Crippen molar-refractivity contribution in [1.29, 1.82) is 0 Å². The third-order valence-corrected chi connectivity index (χ3v) is 8.22. The van der Waals surface area contributed by atoms with E-state index in [1.807, 2.05) is 31.3 Å². The first-order valence-electron chi connectivity index (χ1n) is 12.7. The summed E-state index contributed by atoms with van der Waals surface area (Å²) in [5.41, 5.74) is 5.07. The Hall–Kier alpha value is -3.99. The lowest BCUT2D eigenvalue weighted by molar-refractivity contribution is -0.153. The molecular weight excluding hydrogens is 502 g/mol. The molecule has 5 rings (SSSR count). The number of aliphatic hydroxyl groups excluding tert-OH is 2. The molecule has 7 N–H and O–H groups in total. The van der Waals surface area contributed by atoms with Crippen LogP contribution < -0.4 is 11.1 Å². The van der Waals surface area contributed by atoms with Gasteiger partial charge in [-0.3, -0.25) is 19.3 Å². The van der Waals surface area contributed by atoms with Crippen LogP contribution in [0.4, 0.5) is 0 Å². The highest BCUT2D eigenvalue weighted by molar-refractivity contribution is 6.24. The Balaban J connectivity index is 1.72. The molecule has 3 aliphatic carbocycles. The normalized spacial score (nSPS) is 26.4. The second-order valence-corrected chi connectivity index (χ2v) is 10.7. The van der Waals surface area contributed by atoms with E-state index >= 15 is 0 Å². The summed E-state index contributed by atoms with van der Waals surface area (Å²) < 4.78 is 0. The van der Waals surface area contributed by atoms with Crippen LogP contribution in [0, 0.1) is 11.8 Å². The van der Waals surface area contributed by atoms with Gasteiger partial charge in [0, 0.05) is 18.0 Å². The summed E-state index contributed by atoms with van der Waals surface area (Å²) in [6.07, 6.45) is 0.273. The van der Waals surface area contributed by atoms with Crippen molar-refractivity contribution >= 4 is 23.2 Å². The first-order valence-corrected chi connectivity index (χ1v) is 12.7. The molecule has 1 fully saturated rings. The van der Waals surface area contributed by atoms with E-state index in [-0.39, 0.29) is 29.7 Å². The molecule has 3 aliphatic rings. The summed E-state index contributed by atoms with van der Waals surface area (Å²) in [4.78, 5) is 40.8. The van der Waals surface area contributed by atoms with Gasteiger partial charge >= 0.3 is 0 Å². The van der Waals surface area contributed by atoms with E-state index in [9.17, 15) is 34.8 Å². The number of aliphatic hydroxyl groups is 3. The number of carbonyl (C=O) groups is 3. The number of hydrogen-bond acceptors (Lipinski definition) is 9. The van der Waals surface area contributed by atoms with Crippen molar-refractivity contribution in [3.05, 3.63) is 70.0 Å². The lowest BCUT2D eigenvalue weighted by Crippen LogP contribution is -2.65. The number of ketones is 2. The van der Waals surface area contributed by atoms with E-state index in [4.69, 9.17) is 5.73 Å². The molecule has 10 nitrogen and oxygen atoms in total. The maximum absolute atomic E-state index is 13.9. The molecule has 39 heavy (non-hydrogen) atoms. The van der Waals surface area contributed by atoms with E-state index < -0.39 is 58.0 Å². The minimum absolute atomic E-state index is 0.0423. The number of rotatable bonds is 5. The fraction of sp³-hybridized carbons (Fsp3) is 0.345. The van der Waals surface area contributed by atoms with E-state index in [0.29, 0.717) is 12.1 Å². The molecular formula is C29H31N3O7. The summed E-state index contributed by atoms with van der Waals surface area (Å²) in [6.45, 7) is 0.644. The van der Waals surface area contributed by atoms with Crippen molar-refractivity contribution < 1.29 is 34.8 Å². The van der Waals surface area contributed by atoms with Crippen molar-refractivity contribution in [1.82, 2.24) is 10.2 Å². The lowest BCUT2D eigenvalue weighted by Gasteiger charge is -2.50. The SMILES string of the molecule is CNCc1cccc(-c2ccc(O)c3c2C[C@H]2C[C@H]4[C@H](N(C)C)C(=O)C(C(N)=O)=C(O)[C@@]4(O)C(=O)C2=C3O)c1. The maximum Gasteiger partial charge on any atom is 0.255 e. The molecule has 0 heterocycles. The number of amides is 1. The van der Waals surface area contributed by atoms with Gasteiger partial charge in [-0.15, -0.1) is 0 Å². The van der Waals surface area contributed by atoms with Crippen LogP contribution in [0.25, 0.3) is 16.9 Å². The number of nitrogens with one attached hydrogen (secondary N) is 1. The average Bonchev–Trinajstić information content (AvgIpc) is 2.86. The zero-order chi connectivity index (χ0) is 28.4. The van der Waals surface area contributed by atoms with Gasteiger partial charge in [0.05, 0.1) is 11.6 Å². The molecule has 1 saturated carbocycles. The topological polar surface area (TPSA) is 173 Å². The predicted octanol–water partition coefficient (Wildman–Crippen LogP) is 1.35. The molecule has 0 spiro atoms. The largest absolute Gasteiger partial charge is 0.508 e. The highest BCUT2D eigenvalue weighted by Gasteiger charge is 2.64. The summed E-state index contributed by atoms with van der Waals surface area (Å²) in [6, 6.07) is 9.88. The molecule has 2 aromatic rings. The van der Waals surface area contributed by atoms with E-state index in [2.05, 4.69) is 5.32 Å². The van der Waals surface area contributed by atoms with Gasteiger partial charge in [-0.25, -0.2) is 0 Å². The fourth-order valence-corrected chi connectivity index (χ4v) is 6.57. The Kier molecular flexibility index (Phi) is 6.37. The Bertz CT molecular complexity index is 1490. The van der Waals surface area contributed by atoms with Gasteiger partial charge in [-0.05, 0) is 74.3 Å². The summed E-state index contributed by atoms with van der Waals surface area (Å²) in [5, 5.41) is 48.0. The van der Waals surface area contributed by atoms with Gasteiger partial charge in [0.1, 0.15) is 22.8 Å². The van der Waals surface area contributed by atoms with E-state index in [1.165, 1.54) is 11.0 Å². The molecule has 204 valence electrons. The van der Waals surface area contributed by atoms with Crippen LogP contribution in [0.3, 0.4) is 0 Å². The molecule has 0 unspecified atom stereocenters. The third kappa shape index (κ3) is 3.78. The van der Waals surface area contributed by atoms with Crippen molar-refractivity contribution in [2.24, 2.45) is 17.6 Å². The highest BCUT2D eigenvalue weighted by Crippen LogP contribution is 2.53. The minimum Gasteiger partial charge on any atom is -0.508 e. The Morgan fingerprint density at radius 1 is 1.15 bits per heavy atom. The first kappa shape index (κ1) is 26.6. The van der Waals surface area contributed by atoms with Gasteiger partial charge in [-0.2, -0.15) is 0 Å². The number of phenolic OH excluding ortho intramolecular Hbond substituents is 1. The average molecular weight is 534 g/mol. The number of primary amides is 1. The fourth-order valence-electron chi connectivity index (χ4n) is 6.57. The second kappa shape index (κ2) is 9.33. The number of hydrogen-bond donors (Lipinski definition) is 6. The first-order chi connectivity index (χ1) is 18.4. The minimum atomic E-state index is -2.65. The Morgan fingerprint density at radius 3 is 2.51 bits per heavy atom. The molecule has 2 aromatic carbocycles. The number of benzene rings is 2. The number of fused-ring (bicyclic) bond motifs is 3. The van der Waals surface area contributed by atoms with Crippen molar-refractivity contribution in [2.75, 3.05) is 21.1 Å². The summed E-state index contributed by atoms with van der Waals surface area (Å²) >= 11 is 0. The van der Waals surface area contributed by atoms with Gasteiger partial charge in [0.2, 0.25) is 5.78 Å². The quantitative estimate of drug-likeness (QED) is 0.310. The van der Waals surface area contributed by atoms with E-state index in [0.717, 1.165) is 16.7 Å². The number of aromatic hydroxyl groups is 1. The van der Waals surface area contributed by atoms with Gasteiger partial charge in [0.15, 0.2) is 11.4 Å². The number of nitrogens with two attached hydrogens (primary N) is 1. The van der Waals surface area contributed by atoms with Crippen LogP contribution in [-0.4, -0.2) is 75.6 Å². The van der Waals surface area contributed by atoms with E-state index in [1.54, 1.807) is 20.2 Å². The van der Waals surface area contributed by atoms with Crippen LogP contribution in [-0.2, 0) is 27.3 Å². The van der Waals surface area contributed by atoms with Crippen LogP contribution in [0.5, 0.6) is 5.75 Å². The van der Waals surface area contributed by atoms with Crippen molar-refractivity contribution in [3.63, 3.8) is 0 Å². The molecule has 0 bridgehead atoms. The Labute approximate surface area is 225 Å². The van der Waals surface area contributed by atoms with Crippen LogP contribution in [0.15, 0.2) is 53.3 Å². The zero-order valence-corrected chi connectivity index (χ0v) is 21.9. The third-order valence-electron chi connectivity index (χ3n) is 8.22. The molecule has 0 saturated heterocycles. The lowest BCUT2D eigenvalue weighted by atomic mass is 9.57. The molecule has 10 heteroatoms. The molecule has 0 aliphatic heterocycles. The Morgan fingerprint density at radius 2 is 1.87 bits per heavy atom. The molecule has 4 atom stereocenters. The molecule has 0 aromatic heterocycles. The van der Waals surface area contributed by atoms with Crippen LogP contribution >= 0.6 is 0 Å². The number of likely N-dealkylation sites (N-methyl/N-ethyl adjacent to an activating group) is 1. The van der Waals surface area contributed by atoms with Crippen molar-refractivity contribution in [2.45, 2.75) is 31.0 Å². The predicted molar refractivity (Wildman–Crippen MR) is 142 cm³/mol. The van der Waals surface area contributed by atoms with Gasteiger partial charge < -0.3 is 31.5 Å². The van der Waals surface area contributed by atoms with Gasteiger partial charge in [-0.1, -0.05) is 24.3 Å². The highest BCUT2D eigenvalue weighted by atomic mass is 16.3. The number of carbonyl (C=O) groups excluding carboxylic acids is 3. The van der Waals surface area contributed by atoms with Gasteiger partial charge in [0.25, 0.3) is 5.91 Å². The zero-order valence-electron chi connectivity index (χ0n) is 21.9. The summed E-state index contributed by atoms with van der Waals surface area (Å²) in [5.74, 6) is -6.65. The standard InChI is InChI=1S/C29H31N3O7/c1-31-12-13-5-4-6-14(9-13)16-7-8-19(33)21-17(16)10-15-11-18-23(32(2)3)25(35)22(28(30)38)27(37)29(18,39)26(36)20(15)24(21)34/h4-9,15,18,23,31,33-34,37,39H,10-12H2,1-3H3,(H2,30,38)/t15-,18-,23-,29-/m0/s1. The maximum atomic E-state index is 13.9.